The van der Waals surface area contributed by atoms with Crippen LogP contribution in [0.15, 0.2) is 17.8 Å². The van der Waals surface area contributed by atoms with Gasteiger partial charge in [0.1, 0.15) is 12.1 Å². The molecular formula is C12H16ClN3S. The van der Waals surface area contributed by atoms with Crippen LogP contribution in [0.4, 0.5) is 5.82 Å². The smallest absolute Gasteiger partial charge is 0.147 e. The summed E-state index contributed by atoms with van der Waals surface area (Å²) in [5, 5.41) is 5.44. The lowest BCUT2D eigenvalue weighted by Crippen LogP contribution is -2.24. The van der Waals surface area contributed by atoms with Gasteiger partial charge in [-0.25, -0.2) is 9.97 Å². The Kier molecular flexibility index (Phi) is 3.84. The van der Waals surface area contributed by atoms with Crippen LogP contribution < -0.4 is 5.32 Å². The van der Waals surface area contributed by atoms with Gasteiger partial charge in [-0.05, 0) is 23.3 Å². The van der Waals surface area contributed by atoms with Crippen molar-refractivity contribution in [2.75, 3.05) is 17.7 Å². The number of nitrogens with zero attached hydrogens (tertiary/aromatic N) is 2. The summed E-state index contributed by atoms with van der Waals surface area (Å²) in [6.45, 7) is 5.27. The lowest BCUT2D eigenvalue weighted by Gasteiger charge is -2.24. The summed E-state index contributed by atoms with van der Waals surface area (Å²) in [7, 11) is 0. The van der Waals surface area contributed by atoms with Gasteiger partial charge in [-0.3, -0.25) is 0 Å². The Hall–Kier alpha value is -0.870. The van der Waals surface area contributed by atoms with E-state index < -0.39 is 0 Å². The van der Waals surface area contributed by atoms with Gasteiger partial charge in [-0.1, -0.05) is 13.8 Å². The molecule has 5 heteroatoms. The van der Waals surface area contributed by atoms with Crippen molar-refractivity contribution in [3.8, 4) is 0 Å². The molecule has 0 aliphatic rings. The predicted molar refractivity (Wildman–Crippen MR) is 75.0 cm³/mol. The fourth-order valence-electron chi connectivity index (χ4n) is 1.58. The molecule has 3 nitrogen and oxygen atoms in total. The maximum Gasteiger partial charge on any atom is 0.147 e. The van der Waals surface area contributed by atoms with Crippen LogP contribution in [0, 0.1) is 5.41 Å². The number of anilines is 1. The Balaban J connectivity index is 2.11. The molecule has 0 spiro atoms. The van der Waals surface area contributed by atoms with Crippen molar-refractivity contribution in [3.05, 3.63) is 17.8 Å². The molecule has 0 atom stereocenters. The minimum atomic E-state index is 0.177. The quantitative estimate of drug-likeness (QED) is 0.840. The van der Waals surface area contributed by atoms with Crippen molar-refractivity contribution in [1.82, 2.24) is 9.97 Å². The fourth-order valence-corrected chi connectivity index (χ4v) is 2.90. The highest BCUT2D eigenvalue weighted by atomic mass is 35.5. The molecule has 2 rings (SSSR count). The number of hydrogen-bond acceptors (Lipinski definition) is 4. The Labute approximate surface area is 110 Å². The number of aromatic nitrogens is 2. The molecule has 0 amide bonds. The topological polar surface area (TPSA) is 37.8 Å². The van der Waals surface area contributed by atoms with E-state index in [-0.39, 0.29) is 5.41 Å². The standard InChI is InChI=1S/C12H16ClN3S/c1-12(2,4-5-13)7-14-11-10-9(3-6-17-10)15-8-16-11/h3,6,8H,4-5,7H2,1-2H3,(H,14,15,16). The van der Waals surface area contributed by atoms with E-state index in [1.54, 1.807) is 17.7 Å². The molecule has 0 aliphatic carbocycles. The largest absolute Gasteiger partial charge is 0.368 e. The number of fused-ring (bicyclic) bond motifs is 1. The van der Waals surface area contributed by atoms with E-state index in [0.717, 1.165) is 29.0 Å². The van der Waals surface area contributed by atoms with Crippen LogP contribution in [0.3, 0.4) is 0 Å². The van der Waals surface area contributed by atoms with E-state index in [2.05, 4.69) is 29.1 Å². The molecule has 0 saturated carbocycles. The summed E-state index contributed by atoms with van der Waals surface area (Å²) in [6, 6.07) is 2.01. The van der Waals surface area contributed by atoms with Crippen LogP contribution in [0.5, 0.6) is 0 Å². The van der Waals surface area contributed by atoms with Crippen LogP contribution in [0.1, 0.15) is 20.3 Å². The first kappa shape index (κ1) is 12.6. The molecule has 0 aromatic carbocycles. The number of rotatable bonds is 5. The van der Waals surface area contributed by atoms with Crippen molar-refractivity contribution in [1.29, 1.82) is 0 Å². The van der Waals surface area contributed by atoms with E-state index in [4.69, 9.17) is 11.6 Å². The molecule has 92 valence electrons. The van der Waals surface area contributed by atoms with Gasteiger partial charge >= 0.3 is 0 Å². The molecular weight excluding hydrogens is 254 g/mol. The SMILES string of the molecule is CC(C)(CCCl)CNc1ncnc2ccsc12. The highest BCUT2D eigenvalue weighted by Gasteiger charge is 2.17. The van der Waals surface area contributed by atoms with Crippen LogP contribution >= 0.6 is 22.9 Å². The molecule has 2 aromatic rings. The zero-order valence-corrected chi connectivity index (χ0v) is 11.6. The van der Waals surface area contributed by atoms with Crippen molar-refractivity contribution in [3.63, 3.8) is 0 Å². The van der Waals surface area contributed by atoms with Gasteiger partial charge in [0.25, 0.3) is 0 Å². The zero-order valence-electron chi connectivity index (χ0n) is 10.0. The number of halogens is 1. The van der Waals surface area contributed by atoms with E-state index in [1.807, 2.05) is 11.4 Å². The molecule has 2 heterocycles. The Bertz CT molecular complexity index is 495. The first-order valence-corrected chi connectivity index (χ1v) is 7.02. The van der Waals surface area contributed by atoms with Gasteiger partial charge in [0.05, 0.1) is 10.2 Å². The first-order valence-electron chi connectivity index (χ1n) is 5.60. The summed E-state index contributed by atoms with van der Waals surface area (Å²) in [5.41, 5.74) is 1.18. The monoisotopic (exact) mass is 269 g/mol. The van der Waals surface area contributed by atoms with Crippen molar-refractivity contribution in [2.45, 2.75) is 20.3 Å². The second-order valence-electron chi connectivity index (χ2n) is 4.81. The molecule has 0 saturated heterocycles. The molecule has 0 unspecified atom stereocenters. The second kappa shape index (κ2) is 5.19. The van der Waals surface area contributed by atoms with E-state index >= 15 is 0 Å². The Morgan fingerprint density at radius 1 is 1.41 bits per heavy atom. The number of hydrogen-bond donors (Lipinski definition) is 1. The minimum absolute atomic E-state index is 0.177. The van der Waals surface area contributed by atoms with Crippen molar-refractivity contribution < 1.29 is 0 Å². The number of alkyl halides is 1. The lowest BCUT2D eigenvalue weighted by atomic mass is 9.90. The summed E-state index contributed by atoms with van der Waals surface area (Å²) in [4.78, 5) is 8.52. The number of thiophene rings is 1. The van der Waals surface area contributed by atoms with Crippen molar-refractivity contribution >= 4 is 39.0 Å². The Morgan fingerprint density at radius 3 is 3.00 bits per heavy atom. The van der Waals surface area contributed by atoms with Crippen LogP contribution in [-0.2, 0) is 0 Å². The van der Waals surface area contributed by atoms with Crippen LogP contribution in [0.2, 0.25) is 0 Å². The fraction of sp³-hybridized carbons (Fsp3) is 0.500. The molecule has 0 aliphatic heterocycles. The van der Waals surface area contributed by atoms with Crippen molar-refractivity contribution in [2.24, 2.45) is 5.41 Å². The highest BCUT2D eigenvalue weighted by Crippen LogP contribution is 2.27. The van der Waals surface area contributed by atoms with Crippen LogP contribution in [-0.4, -0.2) is 22.4 Å². The van der Waals surface area contributed by atoms with Gasteiger partial charge in [0, 0.05) is 12.4 Å². The summed E-state index contributed by atoms with van der Waals surface area (Å²) in [5.74, 6) is 1.61. The third kappa shape index (κ3) is 3.07. The lowest BCUT2D eigenvalue weighted by molar-refractivity contribution is 0.379. The van der Waals surface area contributed by atoms with Gasteiger partial charge in [0.15, 0.2) is 0 Å². The van der Waals surface area contributed by atoms with E-state index in [9.17, 15) is 0 Å². The molecule has 2 aromatic heterocycles. The molecule has 17 heavy (non-hydrogen) atoms. The van der Waals surface area contributed by atoms with Gasteiger partial charge in [0.2, 0.25) is 0 Å². The third-order valence-electron chi connectivity index (χ3n) is 2.75. The molecule has 1 N–H and O–H groups in total. The average Bonchev–Trinajstić information content (AvgIpc) is 2.74. The van der Waals surface area contributed by atoms with Crippen LogP contribution in [0.25, 0.3) is 10.2 Å². The van der Waals surface area contributed by atoms with Gasteiger partial charge < -0.3 is 5.32 Å². The minimum Gasteiger partial charge on any atom is -0.368 e. The molecule has 0 radical (unpaired) electrons. The summed E-state index contributed by atoms with van der Waals surface area (Å²) >= 11 is 7.46. The molecule has 0 fully saturated rings. The predicted octanol–water partition coefficient (Wildman–Crippen LogP) is 3.76. The summed E-state index contributed by atoms with van der Waals surface area (Å²) < 4.78 is 1.12. The Morgan fingerprint density at radius 2 is 2.24 bits per heavy atom. The highest BCUT2D eigenvalue weighted by molar-refractivity contribution is 7.17. The third-order valence-corrected chi connectivity index (χ3v) is 3.85. The molecule has 0 bridgehead atoms. The summed E-state index contributed by atoms with van der Waals surface area (Å²) in [6.07, 6.45) is 2.59. The number of nitrogens with one attached hydrogen (secondary N) is 1. The maximum atomic E-state index is 5.79. The van der Waals surface area contributed by atoms with Gasteiger partial charge in [-0.2, -0.15) is 0 Å². The zero-order chi connectivity index (χ0) is 12.3. The average molecular weight is 270 g/mol. The van der Waals surface area contributed by atoms with E-state index in [0.29, 0.717) is 5.88 Å². The van der Waals surface area contributed by atoms with E-state index in [1.165, 1.54) is 0 Å². The first-order chi connectivity index (χ1) is 8.12. The second-order valence-corrected chi connectivity index (χ2v) is 6.11. The van der Waals surface area contributed by atoms with Gasteiger partial charge in [-0.15, -0.1) is 22.9 Å². The maximum absolute atomic E-state index is 5.79. The normalized spacial score (nSPS) is 11.9.